The smallest absolute Gasteiger partial charge is 0.255 e. The van der Waals surface area contributed by atoms with Crippen molar-refractivity contribution >= 4 is 17.5 Å². The van der Waals surface area contributed by atoms with E-state index in [0.29, 0.717) is 35.3 Å². The second kappa shape index (κ2) is 10.3. The minimum atomic E-state index is -2.70. The minimum absolute atomic E-state index is 0.0170. The number of carbonyl (C=O) groups excluding carboxylic acids is 3. The van der Waals surface area contributed by atoms with Crippen LogP contribution in [0.5, 0.6) is 5.75 Å². The van der Waals surface area contributed by atoms with Gasteiger partial charge < -0.3 is 31.1 Å². The summed E-state index contributed by atoms with van der Waals surface area (Å²) in [5, 5.41) is 44.9. The fraction of sp³-hybridized carbons (Fsp3) is 0.387. The molecule has 0 saturated carbocycles. The third kappa shape index (κ3) is 4.22. The number of aliphatic hydroxyl groups is 3. The Kier molecular flexibility index (Phi) is 7.24. The Morgan fingerprint density at radius 3 is 2.43 bits per heavy atom. The molecule has 0 radical (unpaired) electrons. The fourth-order valence-electron chi connectivity index (χ4n) is 6.79. The number of rotatable bonds is 6. The van der Waals surface area contributed by atoms with Gasteiger partial charge in [-0.1, -0.05) is 19.1 Å². The molecular formula is C31H34FN3O7. The first-order chi connectivity index (χ1) is 19.7. The van der Waals surface area contributed by atoms with Crippen molar-refractivity contribution in [3.05, 3.63) is 75.5 Å². The molecule has 0 aliphatic heterocycles. The van der Waals surface area contributed by atoms with Crippen molar-refractivity contribution < 1.29 is 39.2 Å². The van der Waals surface area contributed by atoms with Crippen LogP contribution in [0.4, 0.5) is 4.39 Å². The van der Waals surface area contributed by atoms with Crippen LogP contribution in [-0.4, -0.2) is 87.0 Å². The van der Waals surface area contributed by atoms with E-state index in [9.17, 15) is 39.2 Å². The molecule has 0 unspecified atom stereocenters. The van der Waals surface area contributed by atoms with Crippen molar-refractivity contribution in [1.82, 2.24) is 9.80 Å². The quantitative estimate of drug-likeness (QED) is 0.323. The van der Waals surface area contributed by atoms with Crippen LogP contribution in [-0.2, 0) is 22.6 Å². The highest BCUT2D eigenvalue weighted by molar-refractivity contribution is 6.24. The van der Waals surface area contributed by atoms with Gasteiger partial charge in [-0.25, -0.2) is 4.39 Å². The van der Waals surface area contributed by atoms with Crippen molar-refractivity contribution in [2.75, 3.05) is 27.7 Å². The molecule has 42 heavy (non-hydrogen) atoms. The average Bonchev–Trinajstić information content (AvgIpc) is 2.91. The van der Waals surface area contributed by atoms with Gasteiger partial charge in [0, 0.05) is 23.6 Å². The van der Waals surface area contributed by atoms with Gasteiger partial charge >= 0.3 is 0 Å². The van der Waals surface area contributed by atoms with E-state index in [1.54, 1.807) is 32.3 Å². The first-order valence-corrected chi connectivity index (χ1v) is 13.7. The number of nitrogens with zero attached hydrogens (tertiary/aromatic N) is 2. The lowest BCUT2D eigenvalue weighted by Crippen LogP contribution is -2.63. The maximum Gasteiger partial charge on any atom is 0.255 e. The molecule has 0 heterocycles. The summed E-state index contributed by atoms with van der Waals surface area (Å²) < 4.78 is 14.7. The number of benzene rings is 2. The van der Waals surface area contributed by atoms with Crippen LogP contribution >= 0.6 is 0 Å². The summed E-state index contributed by atoms with van der Waals surface area (Å²) in [4.78, 5) is 43.0. The molecule has 0 aromatic heterocycles. The van der Waals surface area contributed by atoms with Crippen molar-refractivity contribution in [2.24, 2.45) is 17.6 Å². The molecule has 4 atom stereocenters. The number of carbonyl (C=O) groups is 3. The summed E-state index contributed by atoms with van der Waals surface area (Å²) in [5.74, 6) is -7.42. The minimum Gasteiger partial charge on any atom is -0.510 e. The number of amides is 1. The topological polar surface area (TPSA) is 165 Å². The molecule has 0 bridgehead atoms. The number of halogens is 1. The van der Waals surface area contributed by atoms with Crippen LogP contribution < -0.4 is 5.73 Å². The van der Waals surface area contributed by atoms with Gasteiger partial charge in [-0.3, -0.25) is 19.3 Å². The predicted molar refractivity (Wildman–Crippen MR) is 151 cm³/mol. The molecule has 0 spiro atoms. The number of aromatic hydroxyl groups is 1. The molecule has 2 aromatic rings. The predicted octanol–water partition coefficient (Wildman–Crippen LogP) is 2.38. The Labute approximate surface area is 242 Å². The van der Waals surface area contributed by atoms with E-state index >= 15 is 0 Å². The monoisotopic (exact) mass is 579 g/mol. The van der Waals surface area contributed by atoms with Gasteiger partial charge in [0.25, 0.3) is 5.91 Å². The highest BCUT2D eigenvalue weighted by Crippen LogP contribution is 2.53. The number of allylic oxidation sites excluding steroid dienone is 1. The van der Waals surface area contributed by atoms with E-state index in [2.05, 4.69) is 0 Å². The summed E-state index contributed by atoms with van der Waals surface area (Å²) in [6.07, 6.45) is 0.122. The maximum atomic E-state index is 14.7. The number of aliphatic hydroxyl groups excluding tert-OH is 2. The number of Topliss-reactive ketones (excluding diaryl/α,β-unsaturated/α-hetero) is 2. The van der Waals surface area contributed by atoms with Crippen molar-refractivity contribution in [2.45, 2.75) is 38.0 Å². The third-order valence-electron chi connectivity index (χ3n) is 8.94. The molecule has 2 aromatic carbocycles. The number of hydrogen-bond donors (Lipinski definition) is 5. The van der Waals surface area contributed by atoms with E-state index < -0.39 is 58.0 Å². The van der Waals surface area contributed by atoms with E-state index in [0.717, 1.165) is 0 Å². The van der Waals surface area contributed by atoms with E-state index in [1.807, 2.05) is 18.9 Å². The molecule has 0 saturated heterocycles. The zero-order valence-electron chi connectivity index (χ0n) is 23.8. The highest BCUT2D eigenvalue weighted by Gasteiger charge is 2.63. The molecule has 3 aliphatic carbocycles. The van der Waals surface area contributed by atoms with Crippen molar-refractivity contribution in [3.63, 3.8) is 0 Å². The fourth-order valence-corrected chi connectivity index (χ4v) is 6.79. The van der Waals surface area contributed by atoms with Crippen LogP contribution in [0.25, 0.3) is 11.1 Å². The molecule has 222 valence electrons. The normalized spacial score (nSPS) is 25.6. The number of primary amides is 1. The lowest BCUT2D eigenvalue weighted by molar-refractivity contribution is -0.148. The van der Waals surface area contributed by atoms with Gasteiger partial charge in [0.2, 0.25) is 5.78 Å². The average molecular weight is 580 g/mol. The molecule has 10 nitrogen and oxygen atoms in total. The Bertz CT molecular complexity index is 1600. The number of phenolic OH excluding ortho intramolecular Hbond substituents is 1. The number of ketones is 2. The first kappa shape index (κ1) is 29.4. The van der Waals surface area contributed by atoms with Gasteiger partial charge in [0.05, 0.1) is 11.6 Å². The molecule has 5 rings (SSSR count). The molecule has 0 fully saturated rings. The largest absolute Gasteiger partial charge is 0.510 e. The van der Waals surface area contributed by atoms with Crippen LogP contribution in [0.1, 0.15) is 34.8 Å². The third-order valence-corrected chi connectivity index (χ3v) is 8.94. The highest BCUT2D eigenvalue weighted by atomic mass is 19.1. The lowest BCUT2D eigenvalue weighted by Gasteiger charge is -2.50. The number of nitrogens with two attached hydrogens (primary N) is 1. The summed E-state index contributed by atoms with van der Waals surface area (Å²) in [6, 6.07) is 6.57. The summed E-state index contributed by atoms with van der Waals surface area (Å²) in [6.45, 7) is 3.03. The molecule has 1 amide bonds. The molecule has 11 heteroatoms. The second-order valence-corrected chi connectivity index (χ2v) is 11.6. The SMILES string of the molecule is CCN(C)Cc1cc(-c2ccc(O)c3c2C[C@H]2C[C@H]4[C@H](N(C)C)C(O)=C(C(N)=O)C(=O)[C@@]4(O)C(O)=C2C3=O)ccc1F. The maximum absolute atomic E-state index is 14.7. The Balaban J connectivity index is 1.68. The lowest BCUT2D eigenvalue weighted by atomic mass is 9.58. The van der Waals surface area contributed by atoms with E-state index in [1.165, 1.54) is 17.0 Å². The van der Waals surface area contributed by atoms with Crippen molar-refractivity contribution in [3.8, 4) is 16.9 Å². The Hall–Kier alpha value is -4.06. The van der Waals surface area contributed by atoms with Crippen LogP contribution in [0.2, 0.25) is 0 Å². The number of likely N-dealkylation sites (N-methyl/N-ethyl adjacent to an activating group) is 1. The van der Waals surface area contributed by atoms with Gasteiger partial charge in [-0.05, 0) is 81.3 Å². The van der Waals surface area contributed by atoms with Gasteiger partial charge in [-0.15, -0.1) is 0 Å². The molecular weight excluding hydrogens is 545 g/mol. The first-order valence-electron chi connectivity index (χ1n) is 13.7. The van der Waals surface area contributed by atoms with Crippen LogP contribution in [0.15, 0.2) is 53.0 Å². The summed E-state index contributed by atoms with van der Waals surface area (Å²) in [5.41, 5.74) is 3.67. The summed E-state index contributed by atoms with van der Waals surface area (Å²) in [7, 11) is 5.02. The standard InChI is InChI=1S/C31H34FN3O7/c1-5-35(4)13-16-10-14(6-8-20(16)32)17-7-9-21(36)23-18(17)11-15-12-19-25(34(2)3)27(38)24(30(33)41)29(40)31(19,42)28(39)22(15)26(23)37/h6-10,15,19,25,36,38-39,42H,5,11-13H2,1-4H3,(H2,33,41)/t15-,19-,25-,31-/m0/s1. The van der Waals surface area contributed by atoms with Gasteiger partial charge in [-0.2, -0.15) is 0 Å². The second-order valence-electron chi connectivity index (χ2n) is 11.6. The Morgan fingerprint density at radius 2 is 1.81 bits per heavy atom. The van der Waals surface area contributed by atoms with Crippen LogP contribution in [0, 0.1) is 17.7 Å². The summed E-state index contributed by atoms with van der Waals surface area (Å²) >= 11 is 0. The molecule has 6 N–H and O–H groups in total. The molecule has 3 aliphatic rings. The van der Waals surface area contributed by atoms with Crippen molar-refractivity contribution in [1.29, 1.82) is 0 Å². The number of fused-ring (bicyclic) bond motifs is 3. The zero-order chi connectivity index (χ0) is 30.8. The van der Waals surface area contributed by atoms with E-state index in [4.69, 9.17) is 5.73 Å². The zero-order valence-corrected chi connectivity index (χ0v) is 23.8. The number of phenols is 1. The van der Waals surface area contributed by atoms with Gasteiger partial charge in [0.1, 0.15) is 28.7 Å². The van der Waals surface area contributed by atoms with E-state index in [-0.39, 0.29) is 35.5 Å². The Morgan fingerprint density at radius 1 is 1.12 bits per heavy atom. The number of hydrogen-bond acceptors (Lipinski definition) is 9. The van der Waals surface area contributed by atoms with Crippen LogP contribution in [0.3, 0.4) is 0 Å². The van der Waals surface area contributed by atoms with Gasteiger partial charge in [0.15, 0.2) is 11.4 Å².